The highest BCUT2D eigenvalue weighted by atomic mass is 79.9. The molecule has 0 aliphatic heterocycles. The second-order valence-corrected chi connectivity index (χ2v) is 3.28. The van der Waals surface area contributed by atoms with Gasteiger partial charge in [0.2, 0.25) is 0 Å². The zero-order valence-corrected chi connectivity index (χ0v) is 8.08. The van der Waals surface area contributed by atoms with E-state index in [0.717, 1.165) is 4.47 Å². The molecule has 12 heavy (non-hydrogen) atoms. The molecule has 0 radical (unpaired) electrons. The van der Waals surface area contributed by atoms with Crippen LogP contribution in [0.2, 0.25) is 0 Å². The van der Waals surface area contributed by atoms with E-state index in [1.807, 2.05) is 0 Å². The van der Waals surface area contributed by atoms with Gasteiger partial charge in [0.05, 0.1) is 22.9 Å². The lowest BCUT2D eigenvalue weighted by Gasteiger charge is -2.05. The van der Waals surface area contributed by atoms with Gasteiger partial charge in [-0.1, -0.05) is 0 Å². The molecule has 1 amide bonds. The summed E-state index contributed by atoms with van der Waals surface area (Å²) in [5.74, 6) is -0.273. The summed E-state index contributed by atoms with van der Waals surface area (Å²) in [5, 5.41) is 3.82. The number of nitrogens with zero attached hydrogens (tertiary/aromatic N) is 2. The highest BCUT2D eigenvalue weighted by Crippen LogP contribution is 2.04. The number of hydrogen-bond donors (Lipinski definition) is 2. The van der Waals surface area contributed by atoms with Gasteiger partial charge in [0.1, 0.15) is 0 Å². The maximum absolute atomic E-state index is 11.0. The highest BCUT2D eigenvalue weighted by Gasteiger charge is 2.06. The van der Waals surface area contributed by atoms with Crippen molar-refractivity contribution in [3.05, 3.63) is 16.9 Å². The smallest absolute Gasteiger partial charge is 0.256 e. The summed E-state index contributed by atoms with van der Waals surface area (Å²) >= 11 is 3.19. The predicted octanol–water partition coefficient (Wildman–Crippen LogP) is 0.0629. The first-order valence-electron chi connectivity index (χ1n) is 3.36. The van der Waals surface area contributed by atoms with Gasteiger partial charge in [0.15, 0.2) is 0 Å². The molecular formula is C6H9BrN4O. The van der Waals surface area contributed by atoms with Crippen molar-refractivity contribution in [3.8, 4) is 0 Å². The Morgan fingerprint density at radius 1 is 1.92 bits per heavy atom. The van der Waals surface area contributed by atoms with Crippen LogP contribution in [-0.4, -0.2) is 21.8 Å². The maximum atomic E-state index is 11.0. The first-order chi connectivity index (χ1) is 5.59. The molecule has 0 bridgehead atoms. The molecule has 0 fully saturated rings. The Labute approximate surface area is 78.0 Å². The molecule has 0 saturated carbocycles. The summed E-state index contributed by atoms with van der Waals surface area (Å²) in [4.78, 5) is 12.3. The fourth-order valence-electron chi connectivity index (χ4n) is 0.577. The van der Waals surface area contributed by atoms with Crippen molar-refractivity contribution in [1.29, 1.82) is 0 Å². The van der Waals surface area contributed by atoms with Crippen molar-refractivity contribution < 1.29 is 4.79 Å². The Morgan fingerprint density at radius 3 is 3.00 bits per heavy atom. The molecule has 3 N–H and O–H groups in total. The minimum atomic E-state index is -0.534. The number of aromatic nitrogens is 2. The van der Waals surface area contributed by atoms with Crippen LogP contribution in [0.15, 0.2) is 16.9 Å². The first-order valence-corrected chi connectivity index (χ1v) is 4.15. The van der Waals surface area contributed by atoms with E-state index in [1.165, 1.54) is 4.79 Å². The number of nitrogens with two attached hydrogens (primary N) is 1. The Kier molecular flexibility index (Phi) is 2.83. The minimum absolute atomic E-state index is 0.273. The van der Waals surface area contributed by atoms with Gasteiger partial charge < -0.3 is 5.73 Å². The molecule has 0 aliphatic rings. The third-order valence-electron chi connectivity index (χ3n) is 1.19. The number of nitrogens with one attached hydrogen (secondary N) is 1. The fraction of sp³-hybridized carbons (Fsp3) is 0.333. The minimum Gasteiger partial charge on any atom is -0.320 e. The lowest BCUT2D eigenvalue weighted by Crippen LogP contribution is -2.37. The van der Waals surface area contributed by atoms with Crippen LogP contribution in [-0.2, 0) is 4.79 Å². The lowest BCUT2D eigenvalue weighted by molar-refractivity contribution is -0.118. The van der Waals surface area contributed by atoms with E-state index in [1.54, 1.807) is 19.3 Å². The SMILES string of the molecule is CC(N)C(=O)Nn1cc(Br)cn1. The molecular weight excluding hydrogens is 224 g/mol. The van der Waals surface area contributed by atoms with Gasteiger partial charge in [0, 0.05) is 0 Å². The molecule has 66 valence electrons. The summed E-state index contributed by atoms with van der Waals surface area (Å²) in [6.07, 6.45) is 3.20. The molecule has 1 atom stereocenters. The van der Waals surface area contributed by atoms with Crippen LogP contribution < -0.4 is 11.2 Å². The van der Waals surface area contributed by atoms with Crippen LogP contribution in [0.3, 0.4) is 0 Å². The van der Waals surface area contributed by atoms with Crippen LogP contribution in [0.5, 0.6) is 0 Å². The van der Waals surface area contributed by atoms with Crippen molar-refractivity contribution >= 4 is 21.8 Å². The molecule has 5 nitrogen and oxygen atoms in total. The van der Waals surface area contributed by atoms with Gasteiger partial charge >= 0.3 is 0 Å². The standard InChI is InChI=1S/C6H9BrN4O/c1-4(8)6(12)10-11-3-5(7)2-9-11/h2-4H,8H2,1H3,(H,10,12). The van der Waals surface area contributed by atoms with Crippen LogP contribution in [0, 0.1) is 0 Å². The predicted molar refractivity (Wildman–Crippen MR) is 47.9 cm³/mol. The average Bonchev–Trinajstić information content (AvgIpc) is 2.35. The van der Waals surface area contributed by atoms with Crippen molar-refractivity contribution in [2.24, 2.45) is 5.73 Å². The second kappa shape index (κ2) is 3.68. The first kappa shape index (κ1) is 9.21. The number of rotatable bonds is 2. The largest absolute Gasteiger partial charge is 0.320 e. The van der Waals surface area contributed by atoms with Crippen molar-refractivity contribution in [1.82, 2.24) is 9.89 Å². The van der Waals surface area contributed by atoms with Gasteiger partial charge in [-0.05, 0) is 22.9 Å². The topological polar surface area (TPSA) is 72.9 Å². The molecule has 1 aromatic rings. The monoisotopic (exact) mass is 232 g/mol. The van der Waals surface area contributed by atoms with Gasteiger partial charge in [-0.25, -0.2) is 5.43 Å². The third-order valence-corrected chi connectivity index (χ3v) is 1.60. The van der Waals surface area contributed by atoms with Crippen LogP contribution in [0.25, 0.3) is 0 Å². The van der Waals surface area contributed by atoms with Crippen LogP contribution >= 0.6 is 15.9 Å². The number of hydrogen-bond acceptors (Lipinski definition) is 3. The van der Waals surface area contributed by atoms with E-state index in [9.17, 15) is 4.79 Å². The normalized spacial score (nSPS) is 12.6. The molecule has 0 aliphatic carbocycles. The van der Waals surface area contributed by atoms with Crippen molar-refractivity contribution in [3.63, 3.8) is 0 Å². The van der Waals surface area contributed by atoms with E-state index in [4.69, 9.17) is 5.73 Å². The van der Waals surface area contributed by atoms with Crippen LogP contribution in [0.1, 0.15) is 6.92 Å². The summed E-state index contributed by atoms with van der Waals surface area (Å²) in [7, 11) is 0. The lowest BCUT2D eigenvalue weighted by atomic mass is 10.4. The average molecular weight is 233 g/mol. The second-order valence-electron chi connectivity index (χ2n) is 2.37. The van der Waals surface area contributed by atoms with Crippen molar-refractivity contribution in [2.45, 2.75) is 13.0 Å². The Morgan fingerprint density at radius 2 is 2.58 bits per heavy atom. The zero-order valence-electron chi connectivity index (χ0n) is 6.49. The van der Waals surface area contributed by atoms with E-state index < -0.39 is 6.04 Å². The Balaban J connectivity index is 2.58. The van der Waals surface area contributed by atoms with E-state index in [0.29, 0.717) is 0 Å². The van der Waals surface area contributed by atoms with E-state index in [-0.39, 0.29) is 5.91 Å². The van der Waals surface area contributed by atoms with Gasteiger partial charge in [0.25, 0.3) is 5.91 Å². The number of carbonyl (C=O) groups excluding carboxylic acids is 1. The summed E-state index contributed by atoms with van der Waals surface area (Å²) < 4.78 is 0.799. The maximum Gasteiger partial charge on any atom is 0.256 e. The number of amides is 1. The highest BCUT2D eigenvalue weighted by molar-refractivity contribution is 9.10. The quantitative estimate of drug-likeness (QED) is 0.758. The number of halogens is 1. The zero-order chi connectivity index (χ0) is 9.14. The molecule has 0 saturated heterocycles. The summed E-state index contributed by atoms with van der Waals surface area (Å²) in [6, 6.07) is -0.534. The molecule has 1 aromatic heterocycles. The Hall–Kier alpha value is -0.880. The summed E-state index contributed by atoms with van der Waals surface area (Å²) in [5.41, 5.74) is 7.80. The van der Waals surface area contributed by atoms with E-state index in [2.05, 4.69) is 26.5 Å². The van der Waals surface area contributed by atoms with E-state index >= 15 is 0 Å². The molecule has 1 rings (SSSR count). The molecule has 0 aromatic carbocycles. The van der Waals surface area contributed by atoms with Gasteiger partial charge in [-0.2, -0.15) is 9.89 Å². The van der Waals surface area contributed by atoms with Gasteiger partial charge in [-0.15, -0.1) is 0 Å². The van der Waals surface area contributed by atoms with Crippen molar-refractivity contribution in [2.75, 3.05) is 5.43 Å². The summed E-state index contributed by atoms with van der Waals surface area (Å²) in [6.45, 7) is 1.61. The molecule has 6 heteroatoms. The third kappa shape index (κ3) is 2.31. The molecule has 1 heterocycles. The number of carbonyl (C=O) groups is 1. The molecule has 0 spiro atoms. The van der Waals surface area contributed by atoms with Crippen LogP contribution in [0.4, 0.5) is 0 Å². The van der Waals surface area contributed by atoms with Gasteiger partial charge in [-0.3, -0.25) is 4.79 Å². The Bertz CT molecular complexity index is 283. The fourth-order valence-corrected chi connectivity index (χ4v) is 0.862. The molecule has 1 unspecified atom stereocenters.